The van der Waals surface area contributed by atoms with Crippen LogP contribution in [0, 0.1) is 0 Å². The van der Waals surface area contributed by atoms with Crippen LogP contribution in [0.2, 0.25) is 5.02 Å². The number of benzene rings is 1. The van der Waals surface area contributed by atoms with Gasteiger partial charge in [0, 0.05) is 12.1 Å². The number of sulfonamides is 1. The zero-order chi connectivity index (χ0) is 15.3. The van der Waals surface area contributed by atoms with Crippen LogP contribution in [0.4, 0.5) is 0 Å². The predicted molar refractivity (Wildman–Crippen MR) is 80.6 cm³/mol. The second kappa shape index (κ2) is 5.22. The highest BCUT2D eigenvalue weighted by molar-refractivity contribution is 7.92. The average Bonchev–Trinajstić information content (AvgIpc) is 3.14. The molecule has 0 amide bonds. The molecule has 1 aromatic carbocycles. The van der Waals surface area contributed by atoms with Gasteiger partial charge in [0.2, 0.25) is 10.0 Å². The van der Waals surface area contributed by atoms with E-state index in [0.717, 1.165) is 12.8 Å². The SMILES string of the molecule is O=S1(=O)CC[C@H](N(C2CC2)S(=O)(=O)c2ccccc2Cl)C1. The number of nitrogens with zero attached hydrogens (tertiary/aromatic N) is 1. The average molecular weight is 350 g/mol. The normalized spacial score (nSPS) is 25.3. The molecule has 0 aromatic heterocycles. The first-order valence-electron chi connectivity index (χ1n) is 6.80. The van der Waals surface area contributed by atoms with Crippen LogP contribution in [-0.4, -0.2) is 44.7 Å². The van der Waals surface area contributed by atoms with Crippen molar-refractivity contribution in [1.29, 1.82) is 0 Å². The Hall–Kier alpha value is -0.630. The molecule has 1 saturated heterocycles. The van der Waals surface area contributed by atoms with Crippen molar-refractivity contribution in [3.8, 4) is 0 Å². The lowest BCUT2D eigenvalue weighted by Gasteiger charge is -2.27. The van der Waals surface area contributed by atoms with Crippen LogP contribution in [-0.2, 0) is 19.9 Å². The Balaban J connectivity index is 2.00. The summed E-state index contributed by atoms with van der Waals surface area (Å²) in [5.41, 5.74) is 0. The Labute approximate surface area is 129 Å². The molecule has 21 heavy (non-hydrogen) atoms. The topological polar surface area (TPSA) is 71.5 Å². The van der Waals surface area contributed by atoms with Crippen molar-refractivity contribution in [3.05, 3.63) is 29.3 Å². The summed E-state index contributed by atoms with van der Waals surface area (Å²) in [6.07, 6.45) is 1.92. The Morgan fingerprint density at radius 3 is 2.29 bits per heavy atom. The summed E-state index contributed by atoms with van der Waals surface area (Å²) in [6, 6.07) is 5.73. The molecule has 1 aliphatic carbocycles. The fourth-order valence-corrected chi connectivity index (χ4v) is 6.97. The highest BCUT2D eigenvalue weighted by Gasteiger charge is 2.46. The maximum absolute atomic E-state index is 12.9. The number of hydrogen-bond donors (Lipinski definition) is 0. The Kier molecular flexibility index (Phi) is 3.80. The van der Waals surface area contributed by atoms with E-state index in [4.69, 9.17) is 11.6 Å². The van der Waals surface area contributed by atoms with Crippen molar-refractivity contribution < 1.29 is 16.8 Å². The highest BCUT2D eigenvalue weighted by atomic mass is 35.5. The minimum Gasteiger partial charge on any atom is -0.229 e. The Morgan fingerprint density at radius 2 is 1.76 bits per heavy atom. The lowest BCUT2D eigenvalue weighted by Crippen LogP contribution is -2.42. The summed E-state index contributed by atoms with van der Waals surface area (Å²) in [6.45, 7) is 0. The van der Waals surface area contributed by atoms with Crippen LogP contribution in [0.25, 0.3) is 0 Å². The fourth-order valence-electron chi connectivity index (χ4n) is 2.76. The lowest BCUT2D eigenvalue weighted by molar-refractivity contribution is 0.332. The molecule has 3 rings (SSSR count). The van der Waals surface area contributed by atoms with Gasteiger partial charge in [0.05, 0.1) is 16.5 Å². The van der Waals surface area contributed by atoms with E-state index in [-0.39, 0.29) is 27.5 Å². The van der Waals surface area contributed by atoms with E-state index in [1.807, 2.05) is 0 Å². The third kappa shape index (κ3) is 2.97. The molecule has 1 aromatic rings. The zero-order valence-corrected chi connectivity index (χ0v) is 13.7. The predicted octanol–water partition coefficient (Wildman–Crippen LogP) is 1.68. The van der Waals surface area contributed by atoms with Gasteiger partial charge < -0.3 is 0 Å². The minimum atomic E-state index is -3.77. The smallest absolute Gasteiger partial charge is 0.229 e. The van der Waals surface area contributed by atoms with Gasteiger partial charge in [-0.1, -0.05) is 23.7 Å². The minimum absolute atomic E-state index is 0.0545. The van der Waals surface area contributed by atoms with Gasteiger partial charge in [-0.15, -0.1) is 0 Å². The van der Waals surface area contributed by atoms with E-state index >= 15 is 0 Å². The summed E-state index contributed by atoms with van der Waals surface area (Å²) < 4.78 is 50.5. The van der Waals surface area contributed by atoms with Gasteiger partial charge in [0.25, 0.3) is 0 Å². The van der Waals surface area contributed by atoms with Crippen molar-refractivity contribution in [3.63, 3.8) is 0 Å². The molecule has 2 fully saturated rings. The van der Waals surface area contributed by atoms with Crippen LogP contribution in [0.5, 0.6) is 0 Å². The number of sulfone groups is 1. The van der Waals surface area contributed by atoms with Gasteiger partial charge >= 0.3 is 0 Å². The molecule has 0 radical (unpaired) electrons. The Morgan fingerprint density at radius 1 is 1.10 bits per heavy atom. The third-order valence-electron chi connectivity index (χ3n) is 3.87. The van der Waals surface area contributed by atoms with Gasteiger partial charge in [0.15, 0.2) is 9.84 Å². The van der Waals surface area contributed by atoms with Crippen LogP contribution in [0.15, 0.2) is 29.2 Å². The van der Waals surface area contributed by atoms with Crippen molar-refractivity contribution in [2.24, 2.45) is 0 Å². The maximum Gasteiger partial charge on any atom is 0.245 e. The first kappa shape index (κ1) is 15.3. The van der Waals surface area contributed by atoms with Crippen molar-refractivity contribution in [2.45, 2.75) is 36.2 Å². The number of rotatable bonds is 4. The van der Waals surface area contributed by atoms with Gasteiger partial charge in [-0.3, -0.25) is 0 Å². The third-order valence-corrected chi connectivity index (χ3v) is 8.12. The Bertz CT molecular complexity index is 756. The second-order valence-electron chi connectivity index (χ2n) is 5.55. The molecule has 116 valence electrons. The lowest BCUT2D eigenvalue weighted by atomic mass is 10.2. The quantitative estimate of drug-likeness (QED) is 0.829. The molecule has 2 aliphatic rings. The molecule has 1 atom stereocenters. The van der Waals surface area contributed by atoms with Gasteiger partial charge in [-0.25, -0.2) is 16.8 Å². The van der Waals surface area contributed by atoms with E-state index in [2.05, 4.69) is 0 Å². The molecule has 0 N–H and O–H groups in total. The molecule has 0 bridgehead atoms. The van der Waals surface area contributed by atoms with Crippen molar-refractivity contribution in [1.82, 2.24) is 4.31 Å². The van der Waals surface area contributed by atoms with Crippen LogP contribution in [0.3, 0.4) is 0 Å². The molecular weight excluding hydrogens is 334 g/mol. The maximum atomic E-state index is 12.9. The number of hydrogen-bond acceptors (Lipinski definition) is 4. The van der Waals surface area contributed by atoms with E-state index < -0.39 is 25.9 Å². The number of halogens is 1. The van der Waals surface area contributed by atoms with E-state index in [9.17, 15) is 16.8 Å². The van der Waals surface area contributed by atoms with Gasteiger partial charge in [-0.2, -0.15) is 4.31 Å². The summed E-state index contributed by atoms with van der Waals surface area (Å²) in [5.74, 6) is -0.0356. The zero-order valence-electron chi connectivity index (χ0n) is 11.3. The molecule has 5 nitrogen and oxygen atoms in total. The van der Waals surface area contributed by atoms with Crippen LogP contribution in [0.1, 0.15) is 19.3 Å². The first-order chi connectivity index (χ1) is 9.81. The van der Waals surface area contributed by atoms with Crippen LogP contribution >= 0.6 is 11.6 Å². The molecular formula is C13H16ClNO4S2. The van der Waals surface area contributed by atoms with Gasteiger partial charge in [0.1, 0.15) is 4.90 Å². The fraction of sp³-hybridized carbons (Fsp3) is 0.538. The van der Waals surface area contributed by atoms with Crippen molar-refractivity contribution >= 4 is 31.5 Å². The molecule has 0 unspecified atom stereocenters. The molecule has 1 heterocycles. The van der Waals surface area contributed by atoms with Gasteiger partial charge in [-0.05, 0) is 31.4 Å². The summed E-state index contributed by atoms with van der Waals surface area (Å²) in [5, 5.41) is 0.170. The monoisotopic (exact) mass is 349 g/mol. The summed E-state index contributed by atoms with van der Waals surface area (Å²) in [4.78, 5) is 0.0582. The molecule has 0 spiro atoms. The highest BCUT2D eigenvalue weighted by Crippen LogP contribution is 2.38. The second-order valence-corrected chi connectivity index (χ2v) is 10.0. The van der Waals surface area contributed by atoms with Crippen molar-refractivity contribution in [2.75, 3.05) is 11.5 Å². The summed E-state index contributed by atoms with van der Waals surface area (Å²) in [7, 11) is -6.90. The van der Waals surface area contributed by atoms with E-state index in [1.54, 1.807) is 12.1 Å². The largest absolute Gasteiger partial charge is 0.245 e. The first-order valence-corrected chi connectivity index (χ1v) is 10.4. The molecule has 8 heteroatoms. The van der Waals surface area contributed by atoms with E-state index in [1.165, 1.54) is 16.4 Å². The molecule has 1 saturated carbocycles. The standard InChI is InChI=1S/C13H16ClNO4S2/c14-12-3-1-2-4-13(12)21(18,19)15(10-5-6-10)11-7-8-20(16,17)9-11/h1-4,10-11H,5-9H2/t11-/m0/s1. The van der Waals surface area contributed by atoms with E-state index in [0.29, 0.717) is 6.42 Å². The molecule has 1 aliphatic heterocycles. The summed E-state index contributed by atoms with van der Waals surface area (Å²) >= 11 is 6.02. The van der Waals surface area contributed by atoms with Crippen LogP contribution < -0.4 is 0 Å².